The molecule has 1 rings (SSSR count). The SMILES string of the molecule is CCC(C(O)c1ccccc1C(F)(F)F)[N+](=O)[O-]. The summed E-state index contributed by atoms with van der Waals surface area (Å²) in [7, 11) is 0. The number of nitro groups is 1. The molecule has 0 aliphatic carbocycles. The second-order valence-electron chi connectivity index (χ2n) is 3.79. The molecular weight excluding hydrogens is 251 g/mol. The van der Waals surface area contributed by atoms with Crippen LogP contribution in [0.25, 0.3) is 0 Å². The van der Waals surface area contributed by atoms with Gasteiger partial charge in [0.25, 0.3) is 0 Å². The van der Waals surface area contributed by atoms with Crippen molar-refractivity contribution in [3.8, 4) is 0 Å². The number of aliphatic hydroxyl groups excluding tert-OH is 1. The van der Waals surface area contributed by atoms with Gasteiger partial charge >= 0.3 is 6.18 Å². The molecule has 0 fully saturated rings. The van der Waals surface area contributed by atoms with E-state index in [1.54, 1.807) is 0 Å². The second-order valence-corrected chi connectivity index (χ2v) is 3.79. The van der Waals surface area contributed by atoms with Crippen LogP contribution in [-0.2, 0) is 6.18 Å². The Bertz CT molecular complexity index is 434. The van der Waals surface area contributed by atoms with E-state index in [0.717, 1.165) is 12.1 Å². The van der Waals surface area contributed by atoms with Crippen LogP contribution in [0.4, 0.5) is 13.2 Å². The fraction of sp³-hybridized carbons (Fsp3) is 0.455. The average molecular weight is 263 g/mol. The van der Waals surface area contributed by atoms with E-state index in [1.165, 1.54) is 19.1 Å². The molecule has 1 N–H and O–H groups in total. The number of aliphatic hydroxyl groups is 1. The first-order valence-electron chi connectivity index (χ1n) is 5.26. The topological polar surface area (TPSA) is 63.4 Å². The minimum atomic E-state index is -4.65. The fourth-order valence-electron chi connectivity index (χ4n) is 1.71. The van der Waals surface area contributed by atoms with Crippen LogP contribution in [0.1, 0.15) is 30.6 Å². The van der Waals surface area contributed by atoms with Crippen LogP contribution in [0.15, 0.2) is 24.3 Å². The first-order valence-corrected chi connectivity index (χ1v) is 5.26. The third-order valence-electron chi connectivity index (χ3n) is 2.64. The highest BCUT2D eigenvalue weighted by Gasteiger charge is 2.38. The summed E-state index contributed by atoms with van der Waals surface area (Å²) in [4.78, 5) is 9.90. The predicted octanol–water partition coefficient (Wildman–Crippen LogP) is 2.79. The maximum absolute atomic E-state index is 12.7. The average Bonchev–Trinajstić information content (AvgIpc) is 2.28. The van der Waals surface area contributed by atoms with Crippen LogP contribution in [0.2, 0.25) is 0 Å². The molecule has 0 spiro atoms. The molecule has 0 radical (unpaired) electrons. The summed E-state index contributed by atoms with van der Waals surface area (Å²) in [5.74, 6) is 0. The zero-order valence-corrected chi connectivity index (χ0v) is 9.52. The molecule has 0 bridgehead atoms. The van der Waals surface area contributed by atoms with Gasteiger partial charge in [-0.2, -0.15) is 13.2 Å². The number of benzene rings is 1. The van der Waals surface area contributed by atoms with E-state index in [1.807, 2.05) is 0 Å². The summed E-state index contributed by atoms with van der Waals surface area (Å²) in [6, 6.07) is 2.88. The number of nitrogens with zero attached hydrogens (tertiary/aromatic N) is 1. The fourth-order valence-corrected chi connectivity index (χ4v) is 1.71. The summed E-state index contributed by atoms with van der Waals surface area (Å²) >= 11 is 0. The van der Waals surface area contributed by atoms with Crippen molar-refractivity contribution < 1.29 is 23.2 Å². The summed E-state index contributed by atoms with van der Waals surface area (Å²) in [5.41, 5.74) is -1.51. The van der Waals surface area contributed by atoms with E-state index in [4.69, 9.17) is 0 Å². The molecule has 4 nitrogen and oxygen atoms in total. The van der Waals surface area contributed by atoms with Gasteiger partial charge in [0, 0.05) is 11.3 Å². The number of halogens is 3. The van der Waals surface area contributed by atoms with E-state index >= 15 is 0 Å². The molecule has 0 amide bonds. The Morgan fingerprint density at radius 1 is 1.39 bits per heavy atom. The van der Waals surface area contributed by atoms with Gasteiger partial charge in [-0.05, 0) is 11.6 Å². The van der Waals surface area contributed by atoms with Crippen molar-refractivity contribution in [1.29, 1.82) is 0 Å². The van der Waals surface area contributed by atoms with E-state index in [-0.39, 0.29) is 6.42 Å². The van der Waals surface area contributed by atoms with Crippen molar-refractivity contribution in [2.45, 2.75) is 31.7 Å². The molecular formula is C11H12F3NO3. The smallest absolute Gasteiger partial charge is 0.381 e. The van der Waals surface area contributed by atoms with E-state index < -0.39 is 34.4 Å². The van der Waals surface area contributed by atoms with Gasteiger partial charge in [0.2, 0.25) is 6.04 Å². The van der Waals surface area contributed by atoms with Gasteiger partial charge in [-0.1, -0.05) is 25.1 Å². The maximum atomic E-state index is 12.7. The van der Waals surface area contributed by atoms with E-state index in [0.29, 0.717) is 0 Å². The quantitative estimate of drug-likeness (QED) is 0.671. The van der Waals surface area contributed by atoms with Crippen LogP contribution in [-0.4, -0.2) is 16.1 Å². The Morgan fingerprint density at radius 2 is 1.94 bits per heavy atom. The predicted molar refractivity (Wildman–Crippen MR) is 57.5 cm³/mol. The zero-order valence-electron chi connectivity index (χ0n) is 9.52. The molecule has 0 aliphatic heterocycles. The molecule has 0 heterocycles. The maximum Gasteiger partial charge on any atom is 0.416 e. The molecule has 0 aromatic heterocycles. The van der Waals surface area contributed by atoms with Gasteiger partial charge in [0.15, 0.2) is 0 Å². The summed E-state index contributed by atoms with van der Waals surface area (Å²) in [6.07, 6.45) is -6.48. The van der Waals surface area contributed by atoms with Crippen LogP contribution >= 0.6 is 0 Å². The van der Waals surface area contributed by atoms with Crippen LogP contribution in [0.5, 0.6) is 0 Å². The van der Waals surface area contributed by atoms with Crippen molar-refractivity contribution in [1.82, 2.24) is 0 Å². The van der Waals surface area contributed by atoms with Gasteiger partial charge in [-0.25, -0.2) is 0 Å². The highest BCUT2D eigenvalue weighted by Crippen LogP contribution is 2.36. The second kappa shape index (κ2) is 5.34. The summed E-state index contributed by atoms with van der Waals surface area (Å²) < 4.78 is 38.1. The monoisotopic (exact) mass is 263 g/mol. The van der Waals surface area contributed by atoms with E-state index in [2.05, 4.69) is 0 Å². The summed E-state index contributed by atoms with van der Waals surface area (Å²) in [6.45, 7) is 1.44. The van der Waals surface area contributed by atoms with Crippen molar-refractivity contribution in [3.63, 3.8) is 0 Å². The number of hydrogen-bond acceptors (Lipinski definition) is 3. The largest absolute Gasteiger partial charge is 0.416 e. The van der Waals surface area contributed by atoms with Gasteiger partial charge in [-0.3, -0.25) is 10.1 Å². The highest BCUT2D eigenvalue weighted by atomic mass is 19.4. The Kier molecular flexibility index (Phi) is 4.28. The third-order valence-corrected chi connectivity index (χ3v) is 2.64. The standard InChI is InChI=1S/C11H12F3NO3/c1-2-9(15(17)18)10(16)7-5-3-4-6-8(7)11(12,13)14/h3-6,9-10,16H,2H2,1H3. The lowest BCUT2D eigenvalue weighted by molar-refractivity contribution is -0.536. The minimum absolute atomic E-state index is 0.0552. The molecule has 1 aromatic carbocycles. The Labute approximate surface area is 101 Å². The van der Waals surface area contributed by atoms with Gasteiger partial charge < -0.3 is 5.11 Å². The van der Waals surface area contributed by atoms with Crippen LogP contribution in [0.3, 0.4) is 0 Å². The number of rotatable bonds is 4. The van der Waals surface area contributed by atoms with Crippen LogP contribution < -0.4 is 0 Å². The van der Waals surface area contributed by atoms with Gasteiger partial charge in [0.05, 0.1) is 5.56 Å². The lowest BCUT2D eigenvalue weighted by Crippen LogP contribution is -2.28. The molecule has 0 saturated heterocycles. The third kappa shape index (κ3) is 2.98. The molecule has 1 aromatic rings. The highest BCUT2D eigenvalue weighted by molar-refractivity contribution is 5.32. The Hall–Kier alpha value is -1.63. The molecule has 2 atom stereocenters. The first kappa shape index (κ1) is 14.4. The normalized spacial score (nSPS) is 15.2. The Balaban J connectivity index is 3.21. The molecule has 0 saturated carbocycles. The minimum Gasteiger partial charge on any atom is -0.381 e. The molecule has 18 heavy (non-hydrogen) atoms. The van der Waals surface area contributed by atoms with Crippen LogP contribution in [0, 0.1) is 10.1 Å². The Morgan fingerprint density at radius 3 is 2.39 bits per heavy atom. The lowest BCUT2D eigenvalue weighted by Gasteiger charge is -2.19. The van der Waals surface area contributed by atoms with Crippen molar-refractivity contribution in [2.24, 2.45) is 0 Å². The molecule has 0 aliphatic rings. The van der Waals surface area contributed by atoms with Gasteiger partial charge in [0.1, 0.15) is 6.10 Å². The van der Waals surface area contributed by atoms with Crippen molar-refractivity contribution in [3.05, 3.63) is 45.5 Å². The summed E-state index contributed by atoms with van der Waals surface area (Å²) in [5, 5.41) is 20.4. The van der Waals surface area contributed by atoms with Crippen molar-refractivity contribution in [2.75, 3.05) is 0 Å². The van der Waals surface area contributed by atoms with Crippen molar-refractivity contribution >= 4 is 0 Å². The van der Waals surface area contributed by atoms with Gasteiger partial charge in [-0.15, -0.1) is 0 Å². The zero-order chi connectivity index (χ0) is 13.9. The number of hydrogen-bond donors (Lipinski definition) is 1. The number of alkyl halides is 3. The van der Waals surface area contributed by atoms with E-state index in [9.17, 15) is 28.4 Å². The molecule has 7 heteroatoms. The first-order chi connectivity index (χ1) is 8.29. The molecule has 2 unspecified atom stereocenters. The molecule has 100 valence electrons. The lowest BCUT2D eigenvalue weighted by atomic mass is 9.96.